The van der Waals surface area contributed by atoms with Crippen molar-refractivity contribution in [3.63, 3.8) is 0 Å². The molecule has 2 saturated heterocycles. The monoisotopic (exact) mass is 610 g/mol. The van der Waals surface area contributed by atoms with E-state index in [2.05, 4.69) is 50.2 Å². The zero-order chi connectivity index (χ0) is 30.2. The second kappa shape index (κ2) is 14.7. The molecule has 4 rings (SSSR count). The van der Waals surface area contributed by atoms with Gasteiger partial charge in [-0.2, -0.15) is 0 Å². The summed E-state index contributed by atoms with van der Waals surface area (Å²) >= 11 is 0. The fourth-order valence-electron chi connectivity index (χ4n) is 4.93. The molecule has 2 aliphatic heterocycles. The number of hydrogen-bond acceptors (Lipinski definition) is 8. The third-order valence-electron chi connectivity index (χ3n) is 6.75. The molecule has 11 heteroatoms. The summed E-state index contributed by atoms with van der Waals surface area (Å²) in [5.74, 6) is 0.765. The second-order valence-electron chi connectivity index (χ2n) is 10.4. The van der Waals surface area contributed by atoms with E-state index in [1.807, 2.05) is 59.7 Å². The summed E-state index contributed by atoms with van der Waals surface area (Å²) in [6.45, 7) is 19.7. The van der Waals surface area contributed by atoms with E-state index in [4.69, 9.17) is 26.2 Å². The largest absolute Gasteiger partial charge is 0.494 e. The highest BCUT2D eigenvalue weighted by atomic mass is 28.5. The minimum Gasteiger partial charge on any atom is -0.494 e. The van der Waals surface area contributed by atoms with Crippen LogP contribution in [0.1, 0.15) is 72.9 Å². The first-order valence-electron chi connectivity index (χ1n) is 14.5. The van der Waals surface area contributed by atoms with E-state index < -0.39 is 44.7 Å². The van der Waals surface area contributed by atoms with Crippen molar-refractivity contribution in [2.75, 3.05) is 6.61 Å². The minimum absolute atomic E-state index is 0.114. The van der Waals surface area contributed by atoms with Crippen molar-refractivity contribution in [3.8, 4) is 5.75 Å². The van der Waals surface area contributed by atoms with Gasteiger partial charge in [0.25, 0.3) is 0 Å². The standard InChI is InChI=1S/C25H38O8Si3.2C2H6/c1-19-24-20(2)30-36(27,33-35(6,31-24)32-34(5,26)29-19)18-10-17-28-23-15-13-22(14-16-23)25(3,4)21-11-8-7-9-12-21;2*1-2/h7-9,11-16,19-20,24,26-27H,10,17-18H2,1-6H3;2*1-2H3. The van der Waals surface area contributed by atoms with Gasteiger partial charge in [-0.15, -0.1) is 0 Å². The summed E-state index contributed by atoms with van der Waals surface area (Å²) < 4.78 is 35.7. The smallest absolute Gasteiger partial charge is 0.491 e. The third kappa shape index (κ3) is 9.05. The molecule has 2 N–H and O–H groups in total. The van der Waals surface area contributed by atoms with Gasteiger partial charge in [-0.3, -0.25) is 0 Å². The van der Waals surface area contributed by atoms with Crippen LogP contribution < -0.4 is 4.74 Å². The summed E-state index contributed by atoms with van der Waals surface area (Å²) in [7, 11) is -10.5. The Kier molecular flexibility index (Phi) is 12.8. The van der Waals surface area contributed by atoms with Gasteiger partial charge in [-0.05, 0) is 43.5 Å². The molecule has 2 fully saturated rings. The molecule has 2 aliphatic rings. The first kappa shape index (κ1) is 34.8. The van der Waals surface area contributed by atoms with E-state index >= 15 is 0 Å². The molecule has 0 aliphatic carbocycles. The average Bonchev–Trinajstić information content (AvgIpc) is 3.08. The normalized spacial score (nSPS) is 31.9. The molecule has 0 aromatic heterocycles. The zero-order valence-corrected chi connectivity index (χ0v) is 28.9. The van der Waals surface area contributed by atoms with Crippen LogP contribution in [0.25, 0.3) is 0 Å². The van der Waals surface area contributed by atoms with Gasteiger partial charge in [0.05, 0.1) is 24.9 Å². The maximum atomic E-state index is 11.3. The topological polar surface area (TPSA) is 95.8 Å². The molecule has 2 aromatic rings. The van der Waals surface area contributed by atoms with Crippen molar-refractivity contribution in [1.82, 2.24) is 0 Å². The molecule has 40 heavy (non-hydrogen) atoms. The molecule has 6 atom stereocenters. The maximum absolute atomic E-state index is 11.3. The Labute approximate surface area is 244 Å². The van der Waals surface area contributed by atoms with Gasteiger partial charge >= 0.3 is 26.4 Å². The maximum Gasteiger partial charge on any atom is 0.491 e. The molecule has 8 nitrogen and oxygen atoms in total. The van der Waals surface area contributed by atoms with Crippen molar-refractivity contribution >= 4 is 26.4 Å². The van der Waals surface area contributed by atoms with Gasteiger partial charge < -0.3 is 35.8 Å². The van der Waals surface area contributed by atoms with Crippen molar-refractivity contribution in [3.05, 3.63) is 65.7 Å². The first-order valence-corrected chi connectivity index (χ1v) is 20.9. The van der Waals surface area contributed by atoms with Crippen molar-refractivity contribution in [2.45, 2.75) is 105 Å². The Morgan fingerprint density at radius 2 is 1.32 bits per heavy atom. The van der Waals surface area contributed by atoms with Crippen LogP contribution in [-0.2, 0) is 26.9 Å². The van der Waals surface area contributed by atoms with Gasteiger partial charge in [0, 0.05) is 24.6 Å². The third-order valence-corrected chi connectivity index (χ3v) is 15.7. The fourth-order valence-corrected chi connectivity index (χ4v) is 14.8. The Hall–Kier alpha value is -1.39. The van der Waals surface area contributed by atoms with Crippen molar-refractivity contribution < 1.29 is 35.8 Å². The highest BCUT2D eigenvalue weighted by Gasteiger charge is 2.61. The predicted octanol–water partition coefficient (Wildman–Crippen LogP) is 6.15. The second-order valence-corrected chi connectivity index (χ2v) is 18.2. The molecule has 2 heterocycles. The molecule has 226 valence electrons. The van der Waals surface area contributed by atoms with Gasteiger partial charge in [0.15, 0.2) is 0 Å². The number of hydrogen-bond donors (Lipinski definition) is 2. The zero-order valence-electron chi connectivity index (χ0n) is 25.9. The summed E-state index contributed by atoms with van der Waals surface area (Å²) in [5, 5.41) is 0. The van der Waals surface area contributed by atoms with Crippen molar-refractivity contribution in [2.24, 2.45) is 0 Å². The quantitative estimate of drug-likeness (QED) is 0.285. The van der Waals surface area contributed by atoms with Crippen LogP contribution in [0.4, 0.5) is 0 Å². The molecule has 0 saturated carbocycles. The molecule has 6 unspecified atom stereocenters. The SMILES string of the molecule is CC.CC.CC1O[Si](C)(O)O[Si]2(C)OC1C(C)O[Si](O)(CCCOc1ccc(C(C)(C)c3ccccc3)cc1)O2. The van der Waals surface area contributed by atoms with Crippen molar-refractivity contribution in [1.29, 1.82) is 0 Å². The van der Waals surface area contributed by atoms with Crippen LogP contribution in [0.3, 0.4) is 0 Å². The number of fused-ring (bicyclic) bond motifs is 2. The average molecular weight is 611 g/mol. The molecule has 2 aromatic carbocycles. The lowest BCUT2D eigenvalue weighted by Crippen LogP contribution is -2.58. The summed E-state index contributed by atoms with van der Waals surface area (Å²) in [5.41, 5.74) is 2.34. The van der Waals surface area contributed by atoms with Crippen LogP contribution in [0.15, 0.2) is 54.6 Å². The van der Waals surface area contributed by atoms with Crippen LogP contribution in [0.5, 0.6) is 5.75 Å². The first-order chi connectivity index (χ1) is 18.8. The summed E-state index contributed by atoms with van der Waals surface area (Å²) in [4.78, 5) is 21.9. The number of ether oxygens (including phenoxy) is 1. The lowest BCUT2D eigenvalue weighted by molar-refractivity contribution is -0.0203. The number of rotatable bonds is 7. The van der Waals surface area contributed by atoms with Gasteiger partial charge in [0.2, 0.25) is 0 Å². The molecular formula is C29H50O8Si3. The Morgan fingerprint density at radius 1 is 0.775 bits per heavy atom. The lowest BCUT2D eigenvalue weighted by atomic mass is 9.78. The molecular weight excluding hydrogens is 561 g/mol. The van der Waals surface area contributed by atoms with Gasteiger partial charge in [0.1, 0.15) is 5.75 Å². The molecule has 0 spiro atoms. The molecule has 0 amide bonds. The van der Waals surface area contributed by atoms with Crippen LogP contribution in [0.2, 0.25) is 19.1 Å². The molecule has 2 bridgehead atoms. The van der Waals surface area contributed by atoms with Gasteiger partial charge in [-0.1, -0.05) is 84.0 Å². The fraction of sp³-hybridized carbons (Fsp3) is 0.586. The van der Waals surface area contributed by atoms with E-state index in [0.717, 1.165) is 5.75 Å². The van der Waals surface area contributed by atoms with E-state index in [-0.39, 0.29) is 11.5 Å². The van der Waals surface area contributed by atoms with E-state index in [1.54, 1.807) is 6.55 Å². The Morgan fingerprint density at radius 3 is 1.93 bits per heavy atom. The summed E-state index contributed by atoms with van der Waals surface area (Å²) in [6, 6.07) is 18.8. The Balaban J connectivity index is 0.00000134. The van der Waals surface area contributed by atoms with E-state index in [9.17, 15) is 9.59 Å². The highest BCUT2D eigenvalue weighted by Crippen LogP contribution is 2.36. The lowest BCUT2D eigenvalue weighted by Gasteiger charge is -2.33. The summed E-state index contributed by atoms with van der Waals surface area (Å²) in [6.07, 6.45) is -0.894. The highest BCUT2D eigenvalue weighted by molar-refractivity contribution is 6.79. The Bertz CT molecular complexity index is 1020. The minimum atomic E-state index is -3.64. The van der Waals surface area contributed by atoms with Crippen LogP contribution in [-0.4, -0.2) is 60.9 Å². The van der Waals surface area contributed by atoms with Crippen LogP contribution in [0, 0.1) is 0 Å². The van der Waals surface area contributed by atoms with E-state index in [1.165, 1.54) is 17.7 Å². The number of benzene rings is 2. The predicted molar refractivity (Wildman–Crippen MR) is 164 cm³/mol. The van der Waals surface area contributed by atoms with E-state index in [0.29, 0.717) is 13.0 Å². The molecule has 0 radical (unpaired) electrons. The van der Waals surface area contributed by atoms with Crippen LogP contribution >= 0.6 is 0 Å². The van der Waals surface area contributed by atoms with Gasteiger partial charge in [-0.25, -0.2) is 0 Å².